The van der Waals surface area contributed by atoms with Gasteiger partial charge < -0.3 is 15.4 Å². The molecule has 0 aliphatic carbocycles. The Morgan fingerprint density at radius 3 is 2.95 bits per heavy atom. The predicted octanol–water partition coefficient (Wildman–Crippen LogP) is 2.17. The molecule has 0 aromatic heterocycles. The van der Waals surface area contributed by atoms with Gasteiger partial charge in [0.2, 0.25) is 0 Å². The second-order valence-corrected chi connectivity index (χ2v) is 5.09. The van der Waals surface area contributed by atoms with Gasteiger partial charge in [0.1, 0.15) is 0 Å². The highest BCUT2D eigenvalue weighted by atomic mass is 16.6. The summed E-state index contributed by atoms with van der Waals surface area (Å²) in [6.07, 6.45) is 1.89. The molecule has 1 aromatic carbocycles. The molecule has 1 unspecified atom stereocenters. The first-order valence-electron chi connectivity index (χ1n) is 7.02. The second kappa shape index (κ2) is 6.56. The highest BCUT2D eigenvalue weighted by Crippen LogP contribution is 2.33. The van der Waals surface area contributed by atoms with Crippen LogP contribution >= 0.6 is 0 Å². The van der Waals surface area contributed by atoms with Gasteiger partial charge in [-0.1, -0.05) is 6.92 Å². The Kier molecular flexibility index (Phi) is 4.79. The smallest absolute Gasteiger partial charge is 0.311 e. The number of nitrogens with zero attached hydrogens (tertiary/aromatic N) is 2. The lowest BCUT2D eigenvalue weighted by Crippen LogP contribution is -2.22. The van der Waals surface area contributed by atoms with Crippen LogP contribution in [-0.2, 0) is 0 Å². The van der Waals surface area contributed by atoms with Crippen molar-refractivity contribution in [1.29, 1.82) is 0 Å². The molecule has 6 heteroatoms. The third kappa shape index (κ3) is 3.19. The van der Waals surface area contributed by atoms with Crippen LogP contribution in [0.2, 0.25) is 0 Å². The fourth-order valence-corrected chi connectivity index (χ4v) is 2.44. The quantitative estimate of drug-likeness (QED) is 0.637. The summed E-state index contributed by atoms with van der Waals surface area (Å²) in [6.45, 7) is 4.98. The van der Waals surface area contributed by atoms with Crippen molar-refractivity contribution in [1.82, 2.24) is 0 Å². The SMILES string of the molecule is CCCOc1cc(N2CCC(CN)C2)ccc1[N+](=O)[O-]. The summed E-state index contributed by atoms with van der Waals surface area (Å²) in [5.41, 5.74) is 6.69. The normalized spacial score (nSPS) is 18.3. The van der Waals surface area contributed by atoms with Crippen LogP contribution in [-0.4, -0.2) is 31.2 Å². The van der Waals surface area contributed by atoms with E-state index in [2.05, 4.69) is 4.90 Å². The minimum atomic E-state index is -0.401. The zero-order chi connectivity index (χ0) is 14.5. The van der Waals surface area contributed by atoms with E-state index in [1.807, 2.05) is 6.92 Å². The molecular formula is C14H21N3O3. The molecule has 1 aromatic rings. The van der Waals surface area contributed by atoms with Crippen molar-refractivity contribution < 1.29 is 9.66 Å². The number of ether oxygens (including phenoxy) is 1. The number of nitrogens with two attached hydrogens (primary N) is 1. The lowest BCUT2D eigenvalue weighted by atomic mass is 10.1. The van der Waals surface area contributed by atoms with Gasteiger partial charge in [-0.15, -0.1) is 0 Å². The van der Waals surface area contributed by atoms with Gasteiger partial charge >= 0.3 is 5.69 Å². The first-order valence-corrected chi connectivity index (χ1v) is 7.02. The third-order valence-electron chi connectivity index (χ3n) is 3.59. The molecule has 1 atom stereocenters. The molecule has 1 heterocycles. The predicted molar refractivity (Wildman–Crippen MR) is 78.3 cm³/mol. The highest BCUT2D eigenvalue weighted by Gasteiger charge is 2.24. The van der Waals surface area contributed by atoms with Gasteiger partial charge in [-0.05, 0) is 31.4 Å². The van der Waals surface area contributed by atoms with E-state index in [1.54, 1.807) is 12.1 Å². The summed E-state index contributed by atoms with van der Waals surface area (Å²) in [4.78, 5) is 12.8. The number of rotatable bonds is 6. The summed E-state index contributed by atoms with van der Waals surface area (Å²) >= 11 is 0. The summed E-state index contributed by atoms with van der Waals surface area (Å²) in [7, 11) is 0. The van der Waals surface area contributed by atoms with E-state index < -0.39 is 4.92 Å². The molecule has 1 saturated heterocycles. The number of nitro benzene ring substituents is 1. The minimum absolute atomic E-state index is 0.0248. The summed E-state index contributed by atoms with van der Waals surface area (Å²) in [5, 5.41) is 11.0. The first kappa shape index (κ1) is 14.6. The van der Waals surface area contributed by atoms with Crippen LogP contribution in [0.5, 0.6) is 5.75 Å². The topological polar surface area (TPSA) is 81.6 Å². The molecular weight excluding hydrogens is 258 g/mol. The molecule has 2 N–H and O–H groups in total. The lowest BCUT2D eigenvalue weighted by molar-refractivity contribution is -0.385. The average Bonchev–Trinajstić information content (AvgIpc) is 2.93. The fourth-order valence-electron chi connectivity index (χ4n) is 2.44. The molecule has 20 heavy (non-hydrogen) atoms. The van der Waals surface area contributed by atoms with Crippen LogP contribution < -0.4 is 15.4 Å². The molecule has 1 aliphatic rings. The summed E-state index contributed by atoms with van der Waals surface area (Å²) < 4.78 is 5.51. The molecule has 1 aliphatic heterocycles. The van der Waals surface area contributed by atoms with Crippen molar-refractivity contribution in [3.63, 3.8) is 0 Å². The monoisotopic (exact) mass is 279 g/mol. The summed E-state index contributed by atoms with van der Waals surface area (Å²) in [6, 6.07) is 5.08. The molecule has 1 fully saturated rings. The fraction of sp³-hybridized carbons (Fsp3) is 0.571. The van der Waals surface area contributed by atoms with Gasteiger partial charge in [0.15, 0.2) is 5.75 Å². The number of anilines is 1. The van der Waals surface area contributed by atoms with Crippen molar-refractivity contribution in [2.75, 3.05) is 31.1 Å². The molecule has 0 bridgehead atoms. The van der Waals surface area contributed by atoms with Gasteiger partial charge in [0, 0.05) is 30.9 Å². The maximum atomic E-state index is 11.0. The van der Waals surface area contributed by atoms with E-state index >= 15 is 0 Å². The van der Waals surface area contributed by atoms with Crippen LogP contribution in [0, 0.1) is 16.0 Å². The first-order chi connectivity index (χ1) is 9.65. The van der Waals surface area contributed by atoms with Crippen molar-refractivity contribution in [3.8, 4) is 5.75 Å². The van der Waals surface area contributed by atoms with Gasteiger partial charge in [0.05, 0.1) is 11.5 Å². The molecule has 2 rings (SSSR count). The van der Waals surface area contributed by atoms with Crippen LogP contribution in [0.25, 0.3) is 0 Å². The molecule has 6 nitrogen and oxygen atoms in total. The molecule has 110 valence electrons. The largest absolute Gasteiger partial charge is 0.487 e. The minimum Gasteiger partial charge on any atom is -0.487 e. The highest BCUT2D eigenvalue weighted by molar-refractivity contribution is 5.59. The van der Waals surface area contributed by atoms with Crippen molar-refractivity contribution in [2.24, 2.45) is 11.7 Å². The molecule has 0 spiro atoms. The van der Waals surface area contributed by atoms with E-state index in [9.17, 15) is 10.1 Å². The lowest BCUT2D eigenvalue weighted by Gasteiger charge is -2.19. The average molecular weight is 279 g/mol. The van der Waals surface area contributed by atoms with Crippen LogP contribution in [0.3, 0.4) is 0 Å². The van der Waals surface area contributed by atoms with Crippen LogP contribution in [0.1, 0.15) is 19.8 Å². The van der Waals surface area contributed by atoms with Gasteiger partial charge in [-0.2, -0.15) is 0 Å². The third-order valence-corrected chi connectivity index (χ3v) is 3.59. The molecule has 0 amide bonds. The Balaban J connectivity index is 2.20. The maximum absolute atomic E-state index is 11.0. The van der Waals surface area contributed by atoms with Crippen molar-refractivity contribution >= 4 is 11.4 Å². The summed E-state index contributed by atoms with van der Waals surface area (Å²) in [5.74, 6) is 0.857. The zero-order valence-corrected chi connectivity index (χ0v) is 11.7. The standard InChI is InChI=1S/C14H21N3O3/c1-2-7-20-14-8-12(3-4-13(14)17(18)19)16-6-5-11(9-15)10-16/h3-4,8,11H,2,5-7,9-10,15H2,1H3. The maximum Gasteiger partial charge on any atom is 0.311 e. The zero-order valence-electron chi connectivity index (χ0n) is 11.7. The van der Waals surface area contributed by atoms with E-state index in [1.165, 1.54) is 6.07 Å². The Morgan fingerprint density at radius 1 is 1.55 bits per heavy atom. The van der Waals surface area contributed by atoms with E-state index in [0.717, 1.165) is 31.6 Å². The van der Waals surface area contributed by atoms with Crippen molar-refractivity contribution in [3.05, 3.63) is 28.3 Å². The Hall–Kier alpha value is -1.82. The number of benzene rings is 1. The van der Waals surface area contributed by atoms with Crippen LogP contribution in [0.4, 0.5) is 11.4 Å². The number of hydrogen-bond donors (Lipinski definition) is 1. The van der Waals surface area contributed by atoms with E-state index in [-0.39, 0.29) is 5.69 Å². The van der Waals surface area contributed by atoms with Gasteiger partial charge in [-0.25, -0.2) is 0 Å². The Morgan fingerprint density at radius 2 is 2.35 bits per heavy atom. The molecule has 0 radical (unpaired) electrons. The second-order valence-electron chi connectivity index (χ2n) is 5.09. The van der Waals surface area contributed by atoms with E-state index in [0.29, 0.717) is 24.8 Å². The Labute approximate surface area is 118 Å². The number of nitro groups is 1. The molecule has 0 saturated carbocycles. The number of hydrogen-bond acceptors (Lipinski definition) is 5. The van der Waals surface area contributed by atoms with Crippen LogP contribution in [0.15, 0.2) is 18.2 Å². The Bertz CT molecular complexity index is 479. The van der Waals surface area contributed by atoms with Crippen molar-refractivity contribution in [2.45, 2.75) is 19.8 Å². The van der Waals surface area contributed by atoms with E-state index in [4.69, 9.17) is 10.5 Å². The van der Waals surface area contributed by atoms with Gasteiger partial charge in [0.25, 0.3) is 0 Å². The van der Waals surface area contributed by atoms with Gasteiger partial charge in [-0.3, -0.25) is 10.1 Å².